The maximum Gasteiger partial charge on any atom is 0.418 e. The van der Waals surface area contributed by atoms with Gasteiger partial charge in [0.05, 0.1) is 17.7 Å². The Morgan fingerprint density at radius 3 is 2.47 bits per heavy atom. The van der Waals surface area contributed by atoms with Crippen LogP contribution in [0, 0.1) is 5.92 Å². The molecule has 4 nitrogen and oxygen atoms in total. The molecule has 1 heterocycles. The molecule has 0 aliphatic carbocycles. The molecule has 0 atom stereocenters. The van der Waals surface area contributed by atoms with Gasteiger partial charge in [-0.3, -0.25) is 0 Å². The minimum absolute atomic E-state index is 0.184. The molecule has 0 saturated heterocycles. The van der Waals surface area contributed by atoms with Crippen LogP contribution in [-0.2, 0) is 17.5 Å². The highest BCUT2D eigenvalue weighted by molar-refractivity contribution is 5.89. The number of halogens is 3. The van der Waals surface area contributed by atoms with E-state index in [0.29, 0.717) is 12.5 Å². The van der Waals surface area contributed by atoms with Crippen LogP contribution in [0.4, 0.5) is 13.2 Å². The third kappa shape index (κ3) is 4.59. The molecule has 0 aliphatic heterocycles. The number of ether oxygens (including phenoxy) is 1. The minimum Gasteiger partial charge on any atom is -0.478 e. The second-order valence-electron chi connectivity index (χ2n) is 4.60. The van der Waals surface area contributed by atoms with E-state index in [4.69, 9.17) is 9.84 Å². The van der Waals surface area contributed by atoms with Crippen molar-refractivity contribution in [2.45, 2.75) is 26.6 Å². The molecule has 0 amide bonds. The molecule has 0 fully saturated rings. The third-order valence-electron chi connectivity index (χ3n) is 2.36. The molecule has 0 radical (unpaired) electrons. The van der Waals surface area contributed by atoms with E-state index in [2.05, 4.69) is 0 Å². The van der Waals surface area contributed by atoms with E-state index < -0.39 is 23.3 Å². The van der Waals surface area contributed by atoms with Crippen molar-refractivity contribution in [2.24, 2.45) is 5.92 Å². The lowest BCUT2D eigenvalue weighted by atomic mass is 10.2. The molecule has 1 rings (SSSR count). The predicted molar refractivity (Wildman–Crippen MR) is 62.1 cm³/mol. The van der Waals surface area contributed by atoms with E-state index >= 15 is 0 Å². The molecule has 0 bridgehead atoms. The lowest BCUT2D eigenvalue weighted by molar-refractivity contribution is -0.138. The zero-order chi connectivity index (χ0) is 14.6. The number of nitrogens with zero attached hydrogens (tertiary/aromatic N) is 1. The Balaban J connectivity index is 2.73. The van der Waals surface area contributed by atoms with Gasteiger partial charge in [0, 0.05) is 25.5 Å². The molecule has 0 spiro atoms. The summed E-state index contributed by atoms with van der Waals surface area (Å²) in [4.78, 5) is 10.8. The van der Waals surface area contributed by atoms with Crippen molar-refractivity contribution in [3.8, 4) is 0 Å². The van der Waals surface area contributed by atoms with E-state index in [9.17, 15) is 18.0 Å². The first-order valence-electron chi connectivity index (χ1n) is 5.79. The lowest BCUT2D eigenvalue weighted by Crippen LogP contribution is -2.10. The van der Waals surface area contributed by atoms with Crippen LogP contribution < -0.4 is 0 Å². The summed E-state index contributed by atoms with van der Waals surface area (Å²) in [5, 5.41) is 8.74. The first-order chi connectivity index (χ1) is 8.71. The highest BCUT2D eigenvalue weighted by atomic mass is 19.4. The smallest absolute Gasteiger partial charge is 0.418 e. The van der Waals surface area contributed by atoms with Gasteiger partial charge < -0.3 is 14.4 Å². The fourth-order valence-electron chi connectivity index (χ4n) is 1.52. The maximum absolute atomic E-state index is 12.6. The van der Waals surface area contributed by atoms with Gasteiger partial charge in [-0.2, -0.15) is 13.2 Å². The topological polar surface area (TPSA) is 51.5 Å². The zero-order valence-corrected chi connectivity index (χ0v) is 10.7. The van der Waals surface area contributed by atoms with E-state index in [0.717, 1.165) is 12.4 Å². The molecular formula is C12H16F3NO3. The van der Waals surface area contributed by atoms with E-state index in [1.54, 1.807) is 0 Å². The quantitative estimate of drug-likeness (QED) is 0.815. The van der Waals surface area contributed by atoms with E-state index in [-0.39, 0.29) is 13.2 Å². The van der Waals surface area contributed by atoms with Gasteiger partial charge >= 0.3 is 12.1 Å². The largest absolute Gasteiger partial charge is 0.478 e. The van der Waals surface area contributed by atoms with Crippen LogP contribution in [0.15, 0.2) is 12.4 Å². The molecule has 108 valence electrons. The third-order valence-corrected chi connectivity index (χ3v) is 2.36. The molecule has 19 heavy (non-hydrogen) atoms. The highest BCUT2D eigenvalue weighted by Crippen LogP contribution is 2.32. The number of carboxylic acid groups (broad SMARTS) is 1. The number of aromatic carboxylic acids is 1. The van der Waals surface area contributed by atoms with Crippen molar-refractivity contribution in [3.63, 3.8) is 0 Å². The second kappa shape index (κ2) is 6.10. The molecule has 1 aromatic heterocycles. The van der Waals surface area contributed by atoms with Gasteiger partial charge in [0.15, 0.2) is 0 Å². The van der Waals surface area contributed by atoms with Crippen LogP contribution in [0.2, 0.25) is 0 Å². The van der Waals surface area contributed by atoms with Crippen molar-refractivity contribution in [2.75, 3.05) is 13.2 Å². The summed E-state index contributed by atoms with van der Waals surface area (Å²) in [7, 11) is 0. The first-order valence-corrected chi connectivity index (χ1v) is 5.79. The van der Waals surface area contributed by atoms with Crippen LogP contribution in [0.1, 0.15) is 29.8 Å². The molecule has 1 aromatic rings. The summed E-state index contributed by atoms with van der Waals surface area (Å²) in [5.74, 6) is -1.25. The van der Waals surface area contributed by atoms with Crippen LogP contribution in [-0.4, -0.2) is 28.9 Å². The number of hydrogen-bond acceptors (Lipinski definition) is 2. The Morgan fingerprint density at radius 1 is 1.42 bits per heavy atom. The average Bonchev–Trinajstić information content (AvgIpc) is 2.68. The van der Waals surface area contributed by atoms with Gasteiger partial charge in [-0.25, -0.2) is 4.79 Å². The van der Waals surface area contributed by atoms with Gasteiger partial charge in [0.25, 0.3) is 0 Å². The normalized spacial score (nSPS) is 12.1. The van der Waals surface area contributed by atoms with Gasteiger partial charge in [0.1, 0.15) is 0 Å². The lowest BCUT2D eigenvalue weighted by Gasteiger charge is -2.07. The Hall–Kier alpha value is -1.50. The number of rotatable bonds is 6. The van der Waals surface area contributed by atoms with Gasteiger partial charge in [0.2, 0.25) is 0 Å². The summed E-state index contributed by atoms with van der Waals surface area (Å²) >= 11 is 0. The van der Waals surface area contributed by atoms with Crippen LogP contribution >= 0.6 is 0 Å². The average molecular weight is 279 g/mol. The summed E-state index contributed by atoms with van der Waals surface area (Å²) in [5.41, 5.74) is -1.87. The number of alkyl halides is 3. The number of aromatic nitrogens is 1. The van der Waals surface area contributed by atoms with Crippen molar-refractivity contribution in [3.05, 3.63) is 23.5 Å². The number of hydrogen-bond donors (Lipinski definition) is 1. The van der Waals surface area contributed by atoms with Crippen LogP contribution in [0.3, 0.4) is 0 Å². The van der Waals surface area contributed by atoms with E-state index in [1.807, 2.05) is 13.8 Å². The van der Waals surface area contributed by atoms with Crippen molar-refractivity contribution in [1.82, 2.24) is 4.57 Å². The zero-order valence-electron chi connectivity index (χ0n) is 10.7. The SMILES string of the molecule is CC(C)COCCn1cc(C(=O)O)c(C(F)(F)F)c1. The summed E-state index contributed by atoms with van der Waals surface area (Å²) in [6.07, 6.45) is -2.90. The fourth-order valence-corrected chi connectivity index (χ4v) is 1.52. The van der Waals surface area contributed by atoms with Crippen molar-refractivity contribution < 1.29 is 27.8 Å². The first kappa shape index (κ1) is 15.6. The molecule has 0 aromatic carbocycles. The second-order valence-corrected chi connectivity index (χ2v) is 4.60. The van der Waals surface area contributed by atoms with Crippen molar-refractivity contribution in [1.29, 1.82) is 0 Å². The molecule has 0 saturated carbocycles. The van der Waals surface area contributed by atoms with Crippen molar-refractivity contribution >= 4 is 5.97 Å². The van der Waals surface area contributed by atoms with Crippen LogP contribution in [0.25, 0.3) is 0 Å². The van der Waals surface area contributed by atoms with Gasteiger partial charge in [-0.05, 0) is 5.92 Å². The monoisotopic (exact) mass is 279 g/mol. The maximum atomic E-state index is 12.6. The predicted octanol–water partition coefficient (Wildman–Crippen LogP) is 2.88. The molecule has 1 N–H and O–H groups in total. The number of carbonyl (C=O) groups is 1. The summed E-state index contributed by atoms with van der Waals surface area (Å²) < 4.78 is 44.3. The van der Waals surface area contributed by atoms with Gasteiger partial charge in [-0.15, -0.1) is 0 Å². The molecule has 0 unspecified atom stereocenters. The Morgan fingerprint density at radius 2 is 2.05 bits per heavy atom. The van der Waals surface area contributed by atoms with Crippen LogP contribution in [0.5, 0.6) is 0 Å². The molecule has 7 heteroatoms. The Bertz CT molecular complexity index is 438. The molecular weight excluding hydrogens is 263 g/mol. The van der Waals surface area contributed by atoms with Gasteiger partial charge in [-0.1, -0.05) is 13.8 Å². The minimum atomic E-state index is -4.67. The highest BCUT2D eigenvalue weighted by Gasteiger charge is 2.36. The fraction of sp³-hybridized carbons (Fsp3) is 0.583. The van der Waals surface area contributed by atoms with E-state index in [1.165, 1.54) is 4.57 Å². The Kier molecular flexibility index (Phi) is 4.99. The summed E-state index contributed by atoms with van der Waals surface area (Å²) in [6.45, 7) is 4.85. The summed E-state index contributed by atoms with van der Waals surface area (Å²) in [6, 6.07) is 0. The number of carboxylic acids is 1. The standard InChI is InChI=1S/C12H16F3NO3/c1-8(2)7-19-4-3-16-5-9(11(17)18)10(6-16)12(13,14)15/h5-6,8H,3-4,7H2,1-2H3,(H,17,18). The Labute approximate surface area is 108 Å². The molecule has 0 aliphatic rings.